The predicted octanol–water partition coefficient (Wildman–Crippen LogP) is -4.48. The van der Waals surface area contributed by atoms with Crippen molar-refractivity contribution in [1.82, 2.24) is 0 Å². The Bertz CT molecular complexity index is 263. The van der Waals surface area contributed by atoms with Crippen LogP contribution in [-0.2, 0) is 11.2 Å². The average Bonchev–Trinajstić information content (AvgIpc) is 2.06. The molecule has 72 valence electrons. The molecule has 0 aliphatic heterocycles. The Morgan fingerprint density at radius 3 is 2.29 bits per heavy atom. The van der Waals surface area contributed by atoms with Gasteiger partial charge in [-0.15, -0.1) is 0 Å². The predicted molar refractivity (Wildman–Crippen MR) is 44.8 cm³/mol. The summed E-state index contributed by atoms with van der Waals surface area (Å²) in [5, 5.41) is 19.1. The molecule has 0 radical (unpaired) electrons. The number of aliphatic hydroxyl groups is 1. The molecule has 0 amide bonds. The molecule has 1 rings (SSSR count). The van der Waals surface area contributed by atoms with Crippen molar-refractivity contribution in [2.75, 3.05) is 0 Å². The summed E-state index contributed by atoms with van der Waals surface area (Å²) in [6.07, 6.45) is -1.31. The van der Waals surface area contributed by atoms with Crippen LogP contribution in [0, 0.1) is 0 Å². The van der Waals surface area contributed by atoms with Gasteiger partial charge in [-0.2, -0.15) is 0 Å². The SMILES string of the molecule is O.O=C([O-])C(O)Cc1ccccc1.[Na+]. The van der Waals surface area contributed by atoms with Crippen LogP contribution < -0.4 is 34.7 Å². The molecule has 1 unspecified atom stereocenters. The summed E-state index contributed by atoms with van der Waals surface area (Å²) in [6, 6.07) is 8.92. The molecule has 0 heterocycles. The quantitative estimate of drug-likeness (QED) is 0.505. The maximum absolute atomic E-state index is 10.1. The van der Waals surface area contributed by atoms with E-state index in [1.807, 2.05) is 6.07 Å². The van der Waals surface area contributed by atoms with Crippen LogP contribution in [0.4, 0.5) is 0 Å². The Balaban J connectivity index is 0. The minimum absolute atomic E-state index is 0. The summed E-state index contributed by atoms with van der Waals surface area (Å²) in [5.41, 5.74) is 0.786. The van der Waals surface area contributed by atoms with Crippen LogP contribution >= 0.6 is 0 Å². The third-order valence-electron chi connectivity index (χ3n) is 1.54. The standard InChI is InChI=1S/C9H10O3.Na.H2O/c10-8(9(11)12)6-7-4-2-1-3-5-7;;/h1-5,8,10H,6H2,(H,11,12);;1H2/q;+1;/p-1. The van der Waals surface area contributed by atoms with E-state index in [2.05, 4.69) is 0 Å². The van der Waals surface area contributed by atoms with E-state index in [0.29, 0.717) is 0 Å². The number of carbonyl (C=O) groups is 1. The minimum atomic E-state index is -1.43. The summed E-state index contributed by atoms with van der Waals surface area (Å²) in [6.45, 7) is 0. The van der Waals surface area contributed by atoms with E-state index in [4.69, 9.17) is 5.11 Å². The third-order valence-corrected chi connectivity index (χ3v) is 1.54. The Hall–Kier alpha value is -0.390. The maximum atomic E-state index is 10.1. The summed E-state index contributed by atoms with van der Waals surface area (Å²) in [4.78, 5) is 10.1. The maximum Gasteiger partial charge on any atom is 1.00 e. The van der Waals surface area contributed by atoms with Crippen molar-refractivity contribution in [3.8, 4) is 0 Å². The topological polar surface area (TPSA) is 91.9 Å². The Morgan fingerprint density at radius 1 is 1.36 bits per heavy atom. The van der Waals surface area contributed by atoms with Crippen molar-refractivity contribution in [3.05, 3.63) is 35.9 Å². The molecule has 0 saturated heterocycles. The number of aliphatic hydroxyl groups excluding tert-OH is 1. The van der Waals surface area contributed by atoms with Gasteiger partial charge in [0, 0.05) is 6.42 Å². The van der Waals surface area contributed by atoms with Gasteiger partial charge in [0.15, 0.2) is 0 Å². The second-order valence-electron chi connectivity index (χ2n) is 2.52. The molecule has 1 aromatic rings. The Labute approximate surface area is 104 Å². The summed E-state index contributed by atoms with van der Waals surface area (Å²) < 4.78 is 0. The van der Waals surface area contributed by atoms with Crippen LogP contribution in [0.5, 0.6) is 0 Å². The molecule has 0 saturated carbocycles. The van der Waals surface area contributed by atoms with Crippen molar-refractivity contribution in [1.29, 1.82) is 0 Å². The average molecular weight is 206 g/mol. The van der Waals surface area contributed by atoms with Gasteiger partial charge in [-0.1, -0.05) is 30.3 Å². The minimum Gasteiger partial charge on any atom is -0.547 e. The van der Waals surface area contributed by atoms with E-state index in [1.54, 1.807) is 24.3 Å². The summed E-state index contributed by atoms with van der Waals surface area (Å²) in [7, 11) is 0. The molecule has 3 N–H and O–H groups in total. The molecule has 0 aromatic heterocycles. The zero-order valence-electron chi connectivity index (χ0n) is 7.93. The van der Waals surface area contributed by atoms with Crippen LogP contribution in [0.1, 0.15) is 5.56 Å². The van der Waals surface area contributed by atoms with E-state index >= 15 is 0 Å². The number of carboxylic acid groups (broad SMARTS) is 1. The van der Waals surface area contributed by atoms with Gasteiger partial charge in [-0.05, 0) is 5.56 Å². The first-order valence-corrected chi connectivity index (χ1v) is 3.63. The molecular formula is C9H11NaO4. The van der Waals surface area contributed by atoms with E-state index < -0.39 is 12.1 Å². The second kappa shape index (κ2) is 7.96. The number of carbonyl (C=O) groups excluding carboxylic acids is 1. The number of carboxylic acids is 1. The van der Waals surface area contributed by atoms with Crippen molar-refractivity contribution >= 4 is 5.97 Å². The first kappa shape index (κ1) is 16.1. The Kier molecular flexibility index (Phi) is 9.13. The molecule has 4 nitrogen and oxygen atoms in total. The largest absolute Gasteiger partial charge is 1.00 e. The number of benzene rings is 1. The molecule has 0 aliphatic rings. The third kappa shape index (κ3) is 5.36. The molecule has 0 bridgehead atoms. The molecule has 14 heavy (non-hydrogen) atoms. The summed E-state index contributed by atoms with van der Waals surface area (Å²) in [5.74, 6) is -1.43. The van der Waals surface area contributed by atoms with Gasteiger partial charge in [0.25, 0.3) is 0 Å². The van der Waals surface area contributed by atoms with Gasteiger partial charge in [0.1, 0.15) is 0 Å². The normalized spacial score (nSPS) is 10.6. The monoisotopic (exact) mass is 206 g/mol. The number of hydrogen-bond donors (Lipinski definition) is 1. The van der Waals surface area contributed by atoms with Gasteiger partial charge < -0.3 is 20.5 Å². The molecule has 0 aliphatic carbocycles. The zero-order valence-corrected chi connectivity index (χ0v) is 9.93. The van der Waals surface area contributed by atoms with Crippen LogP contribution in [0.3, 0.4) is 0 Å². The smallest absolute Gasteiger partial charge is 0.547 e. The molecule has 1 atom stereocenters. The molecule has 0 fully saturated rings. The van der Waals surface area contributed by atoms with Crippen molar-refractivity contribution in [2.24, 2.45) is 0 Å². The second-order valence-corrected chi connectivity index (χ2v) is 2.52. The van der Waals surface area contributed by atoms with E-state index in [1.165, 1.54) is 0 Å². The van der Waals surface area contributed by atoms with Crippen molar-refractivity contribution in [3.63, 3.8) is 0 Å². The Morgan fingerprint density at radius 2 is 1.86 bits per heavy atom. The first-order valence-electron chi connectivity index (χ1n) is 3.63. The van der Waals surface area contributed by atoms with Crippen LogP contribution in [0.2, 0.25) is 0 Å². The molecule has 1 aromatic carbocycles. The van der Waals surface area contributed by atoms with E-state index in [0.717, 1.165) is 5.56 Å². The molecule has 5 heteroatoms. The fraction of sp³-hybridized carbons (Fsp3) is 0.222. The van der Waals surface area contributed by atoms with Crippen LogP contribution in [0.15, 0.2) is 30.3 Å². The number of rotatable bonds is 3. The fourth-order valence-electron chi connectivity index (χ4n) is 0.921. The molecule has 0 spiro atoms. The van der Waals surface area contributed by atoms with Crippen LogP contribution in [-0.4, -0.2) is 22.7 Å². The van der Waals surface area contributed by atoms with Gasteiger partial charge >= 0.3 is 29.6 Å². The van der Waals surface area contributed by atoms with Crippen molar-refractivity contribution in [2.45, 2.75) is 12.5 Å². The van der Waals surface area contributed by atoms with Crippen LogP contribution in [0.25, 0.3) is 0 Å². The molecular weight excluding hydrogens is 195 g/mol. The first-order chi connectivity index (χ1) is 5.70. The van der Waals surface area contributed by atoms with E-state index in [-0.39, 0.29) is 41.5 Å². The van der Waals surface area contributed by atoms with E-state index in [9.17, 15) is 9.90 Å². The fourth-order valence-corrected chi connectivity index (χ4v) is 0.921. The van der Waals surface area contributed by atoms with Gasteiger partial charge in [0.05, 0.1) is 12.1 Å². The van der Waals surface area contributed by atoms with Crippen molar-refractivity contribution < 1.29 is 50.0 Å². The number of hydrogen-bond acceptors (Lipinski definition) is 3. The van der Waals surface area contributed by atoms with Gasteiger partial charge in [-0.3, -0.25) is 0 Å². The summed E-state index contributed by atoms with van der Waals surface area (Å²) >= 11 is 0. The van der Waals surface area contributed by atoms with Gasteiger partial charge in [0.2, 0.25) is 0 Å². The zero-order chi connectivity index (χ0) is 8.97. The van der Waals surface area contributed by atoms with Gasteiger partial charge in [-0.25, -0.2) is 0 Å². The number of aliphatic carboxylic acids is 1.